The average molecular weight is 380 g/mol. The summed E-state index contributed by atoms with van der Waals surface area (Å²) in [6.45, 7) is 4.18. The summed E-state index contributed by atoms with van der Waals surface area (Å²) in [5.41, 5.74) is 3.99. The fourth-order valence-electron chi connectivity index (χ4n) is 3.56. The summed E-state index contributed by atoms with van der Waals surface area (Å²) in [5, 5.41) is 6.29. The van der Waals surface area contributed by atoms with Gasteiger partial charge in [-0.2, -0.15) is 0 Å². The molecule has 7 nitrogen and oxygen atoms in total. The number of fused-ring (bicyclic) bond motifs is 3. The monoisotopic (exact) mass is 380 g/mol. The molecule has 1 aliphatic heterocycles. The van der Waals surface area contributed by atoms with E-state index in [0.717, 1.165) is 46.9 Å². The van der Waals surface area contributed by atoms with Crippen LogP contribution in [-0.4, -0.2) is 35.7 Å². The highest BCUT2D eigenvalue weighted by molar-refractivity contribution is 5.88. The maximum Gasteiger partial charge on any atom is 0.221 e. The molecule has 1 amide bonds. The van der Waals surface area contributed by atoms with Gasteiger partial charge in [0.25, 0.3) is 0 Å². The zero-order chi connectivity index (χ0) is 19.5. The Hall–Kier alpha value is -2.90. The van der Waals surface area contributed by atoms with E-state index in [2.05, 4.69) is 15.2 Å². The number of imidazole rings is 1. The molecule has 0 saturated carbocycles. The van der Waals surface area contributed by atoms with Crippen molar-refractivity contribution >= 4 is 22.6 Å². The van der Waals surface area contributed by atoms with Crippen molar-refractivity contribution in [3.8, 4) is 5.75 Å². The van der Waals surface area contributed by atoms with Gasteiger partial charge in [0.05, 0.1) is 30.8 Å². The number of carbonyl (C=O) groups is 1. The van der Waals surface area contributed by atoms with Crippen molar-refractivity contribution in [2.45, 2.75) is 26.1 Å². The molecule has 7 heteroatoms. The first kappa shape index (κ1) is 18.5. The van der Waals surface area contributed by atoms with Crippen LogP contribution in [0.4, 0.5) is 5.69 Å². The third-order valence-corrected chi connectivity index (χ3v) is 4.86. The van der Waals surface area contributed by atoms with Crippen LogP contribution in [0.5, 0.6) is 5.75 Å². The minimum absolute atomic E-state index is 0.0665. The van der Waals surface area contributed by atoms with Crippen LogP contribution < -0.4 is 15.4 Å². The molecule has 0 bridgehead atoms. The SMILES string of the molecule is COc1ccc2nc3n(c2c1)C(CNCc1ccc(NC(C)=O)cc1)COC3. The number of nitrogens with one attached hydrogen (secondary N) is 2. The van der Waals surface area contributed by atoms with Gasteiger partial charge in [-0.1, -0.05) is 12.1 Å². The molecule has 0 saturated heterocycles. The molecule has 3 aromatic rings. The van der Waals surface area contributed by atoms with Gasteiger partial charge >= 0.3 is 0 Å². The summed E-state index contributed by atoms with van der Waals surface area (Å²) in [5.74, 6) is 1.71. The van der Waals surface area contributed by atoms with Crippen molar-refractivity contribution in [3.63, 3.8) is 0 Å². The molecule has 0 radical (unpaired) electrons. The van der Waals surface area contributed by atoms with Crippen molar-refractivity contribution in [3.05, 3.63) is 53.9 Å². The maximum absolute atomic E-state index is 11.1. The first-order chi connectivity index (χ1) is 13.6. The van der Waals surface area contributed by atoms with Crippen LogP contribution in [0, 0.1) is 0 Å². The smallest absolute Gasteiger partial charge is 0.221 e. The molecule has 1 aliphatic rings. The lowest BCUT2D eigenvalue weighted by Gasteiger charge is -2.26. The third kappa shape index (κ3) is 3.85. The Labute approximate surface area is 163 Å². The number of ether oxygens (including phenoxy) is 2. The molecule has 2 N–H and O–H groups in total. The van der Waals surface area contributed by atoms with Crippen molar-refractivity contribution in [2.75, 3.05) is 25.6 Å². The Morgan fingerprint density at radius 3 is 2.86 bits per heavy atom. The van der Waals surface area contributed by atoms with Gasteiger partial charge in [0.2, 0.25) is 5.91 Å². The molecule has 0 aliphatic carbocycles. The summed E-state index contributed by atoms with van der Waals surface area (Å²) in [7, 11) is 1.67. The summed E-state index contributed by atoms with van der Waals surface area (Å²) in [6, 6.07) is 14.0. The minimum Gasteiger partial charge on any atom is -0.497 e. The molecule has 28 heavy (non-hydrogen) atoms. The Bertz CT molecular complexity index is 981. The Morgan fingerprint density at radius 1 is 1.29 bits per heavy atom. The minimum atomic E-state index is -0.0665. The van der Waals surface area contributed by atoms with Gasteiger partial charge < -0.3 is 24.7 Å². The zero-order valence-electron chi connectivity index (χ0n) is 16.1. The van der Waals surface area contributed by atoms with E-state index in [0.29, 0.717) is 13.2 Å². The number of anilines is 1. The number of rotatable bonds is 6. The summed E-state index contributed by atoms with van der Waals surface area (Å²) in [6.07, 6.45) is 0. The number of carbonyl (C=O) groups excluding carboxylic acids is 1. The molecule has 2 aromatic carbocycles. The predicted octanol–water partition coefficient (Wildman–Crippen LogP) is 2.86. The number of nitrogens with zero attached hydrogens (tertiary/aromatic N) is 2. The van der Waals surface area contributed by atoms with Crippen molar-refractivity contribution < 1.29 is 14.3 Å². The zero-order valence-corrected chi connectivity index (χ0v) is 16.1. The van der Waals surface area contributed by atoms with Crippen LogP contribution in [-0.2, 0) is 22.7 Å². The average Bonchev–Trinajstić information content (AvgIpc) is 3.07. The van der Waals surface area contributed by atoms with Crippen LogP contribution >= 0.6 is 0 Å². The van der Waals surface area contributed by atoms with Gasteiger partial charge in [-0.15, -0.1) is 0 Å². The second-order valence-electron chi connectivity index (χ2n) is 6.93. The van der Waals surface area contributed by atoms with E-state index in [9.17, 15) is 4.79 Å². The third-order valence-electron chi connectivity index (χ3n) is 4.86. The normalized spacial score (nSPS) is 16.0. The predicted molar refractivity (Wildman–Crippen MR) is 107 cm³/mol. The highest BCUT2D eigenvalue weighted by Gasteiger charge is 2.24. The second-order valence-corrected chi connectivity index (χ2v) is 6.93. The molecule has 0 fully saturated rings. The van der Waals surface area contributed by atoms with Crippen LogP contribution in [0.1, 0.15) is 24.4 Å². The van der Waals surface area contributed by atoms with Crippen LogP contribution in [0.2, 0.25) is 0 Å². The first-order valence-corrected chi connectivity index (χ1v) is 9.34. The molecule has 146 valence electrons. The number of hydrogen-bond acceptors (Lipinski definition) is 5. The van der Waals surface area contributed by atoms with Crippen LogP contribution in [0.3, 0.4) is 0 Å². The Kier molecular flexibility index (Phi) is 5.27. The summed E-state index contributed by atoms with van der Waals surface area (Å²) in [4.78, 5) is 15.8. The number of methoxy groups -OCH3 is 1. The van der Waals surface area contributed by atoms with Gasteiger partial charge in [-0.05, 0) is 29.8 Å². The van der Waals surface area contributed by atoms with Gasteiger partial charge in [-0.3, -0.25) is 4.79 Å². The lowest BCUT2D eigenvalue weighted by atomic mass is 10.2. The van der Waals surface area contributed by atoms with E-state index >= 15 is 0 Å². The number of hydrogen-bond donors (Lipinski definition) is 2. The molecule has 2 heterocycles. The van der Waals surface area contributed by atoms with E-state index in [4.69, 9.17) is 14.5 Å². The second kappa shape index (κ2) is 8.00. The topological polar surface area (TPSA) is 77.4 Å². The highest BCUT2D eigenvalue weighted by Crippen LogP contribution is 2.28. The largest absolute Gasteiger partial charge is 0.497 e. The van der Waals surface area contributed by atoms with Crippen LogP contribution in [0.25, 0.3) is 11.0 Å². The Morgan fingerprint density at radius 2 is 2.11 bits per heavy atom. The van der Waals surface area contributed by atoms with E-state index in [-0.39, 0.29) is 11.9 Å². The highest BCUT2D eigenvalue weighted by atomic mass is 16.5. The fourth-order valence-corrected chi connectivity index (χ4v) is 3.56. The molecular weight excluding hydrogens is 356 g/mol. The van der Waals surface area contributed by atoms with E-state index < -0.39 is 0 Å². The molecule has 0 spiro atoms. The van der Waals surface area contributed by atoms with Crippen molar-refractivity contribution in [1.82, 2.24) is 14.9 Å². The van der Waals surface area contributed by atoms with E-state index in [1.54, 1.807) is 7.11 Å². The van der Waals surface area contributed by atoms with Gasteiger partial charge in [0.15, 0.2) is 0 Å². The summed E-state index contributed by atoms with van der Waals surface area (Å²) >= 11 is 0. The quantitative estimate of drug-likeness (QED) is 0.688. The van der Waals surface area contributed by atoms with E-state index in [1.165, 1.54) is 6.92 Å². The van der Waals surface area contributed by atoms with E-state index in [1.807, 2.05) is 42.5 Å². The molecule has 1 atom stereocenters. The standard InChI is InChI=1S/C21H24N4O3/c1-14(26)23-16-5-3-15(4-6-16)10-22-11-17-12-28-13-21-24-19-8-7-18(27-2)9-20(19)25(17)21/h3-9,17,22H,10-13H2,1-2H3,(H,23,26). The van der Waals surface area contributed by atoms with Gasteiger partial charge in [0, 0.05) is 31.8 Å². The van der Waals surface area contributed by atoms with Gasteiger partial charge in [0.1, 0.15) is 18.2 Å². The van der Waals surface area contributed by atoms with Gasteiger partial charge in [-0.25, -0.2) is 4.98 Å². The maximum atomic E-state index is 11.1. The Balaban J connectivity index is 1.44. The number of amides is 1. The lowest BCUT2D eigenvalue weighted by Crippen LogP contribution is -2.32. The lowest BCUT2D eigenvalue weighted by molar-refractivity contribution is -0.114. The first-order valence-electron chi connectivity index (χ1n) is 9.34. The molecular formula is C21H24N4O3. The fraction of sp³-hybridized carbons (Fsp3) is 0.333. The molecule has 4 rings (SSSR count). The molecule has 1 unspecified atom stereocenters. The number of aromatic nitrogens is 2. The number of benzene rings is 2. The van der Waals surface area contributed by atoms with Crippen molar-refractivity contribution in [1.29, 1.82) is 0 Å². The van der Waals surface area contributed by atoms with Crippen LogP contribution in [0.15, 0.2) is 42.5 Å². The van der Waals surface area contributed by atoms with Crippen molar-refractivity contribution in [2.24, 2.45) is 0 Å². The summed E-state index contributed by atoms with van der Waals surface area (Å²) < 4.78 is 13.4. The molecule has 1 aromatic heterocycles.